The van der Waals surface area contributed by atoms with E-state index < -0.39 is 12.3 Å². The second kappa shape index (κ2) is 5.11. The Hall–Kier alpha value is -0.710. The third-order valence-electron chi connectivity index (χ3n) is 2.09. The van der Waals surface area contributed by atoms with Crippen molar-refractivity contribution in [2.45, 2.75) is 31.7 Å². The zero-order chi connectivity index (χ0) is 9.68. The van der Waals surface area contributed by atoms with Crippen LogP contribution in [0.25, 0.3) is 0 Å². The van der Waals surface area contributed by atoms with E-state index in [9.17, 15) is 13.6 Å². The maximum Gasteiger partial charge on any atom is 0.315 e. The Morgan fingerprint density at radius 1 is 1.46 bits per heavy atom. The van der Waals surface area contributed by atoms with Crippen LogP contribution in [0.15, 0.2) is 0 Å². The quantitative estimate of drug-likeness (QED) is 0.669. The zero-order valence-corrected chi connectivity index (χ0v) is 7.35. The van der Waals surface area contributed by atoms with Crippen LogP contribution in [0.3, 0.4) is 0 Å². The first-order chi connectivity index (χ1) is 6.20. The van der Waals surface area contributed by atoms with Gasteiger partial charge in [-0.25, -0.2) is 0 Å². The summed E-state index contributed by atoms with van der Waals surface area (Å²) >= 11 is 0. The van der Waals surface area contributed by atoms with Gasteiger partial charge in [0, 0.05) is 12.6 Å². The standard InChI is InChI=1S/C8H14F2N2O/c9-7(10)8(13)12-6-3-1-2-4-11-5-6/h6-7,11H,1-5H2,(H,12,13). The smallest absolute Gasteiger partial charge is 0.315 e. The first-order valence-electron chi connectivity index (χ1n) is 4.49. The molecule has 3 nitrogen and oxygen atoms in total. The van der Waals surface area contributed by atoms with E-state index in [0.717, 1.165) is 25.8 Å². The van der Waals surface area contributed by atoms with Crippen LogP contribution in [0.4, 0.5) is 8.78 Å². The summed E-state index contributed by atoms with van der Waals surface area (Å²) in [7, 11) is 0. The Labute approximate surface area is 75.9 Å². The van der Waals surface area contributed by atoms with Gasteiger partial charge in [-0.05, 0) is 19.4 Å². The average Bonchev–Trinajstić information content (AvgIpc) is 2.32. The first-order valence-corrected chi connectivity index (χ1v) is 4.49. The SMILES string of the molecule is O=C(NC1CCCCNC1)C(F)F. The highest BCUT2D eigenvalue weighted by Gasteiger charge is 2.20. The summed E-state index contributed by atoms with van der Waals surface area (Å²) in [5.41, 5.74) is 0. The summed E-state index contributed by atoms with van der Waals surface area (Å²) < 4.78 is 23.7. The summed E-state index contributed by atoms with van der Waals surface area (Å²) in [6, 6.07) is -0.135. The van der Waals surface area contributed by atoms with Crippen LogP contribution in [0.2, 0.25) is 0 Å². The highest BCUT2D eigenvalue weighted by atomic mass is 19.3. The summed E-state index contributed by atoms with van der Waals surface area (Å²) in [4.78, 5) is 10.6. The molecule has 2 N–H and O–H groups in total. The second-order valence-electron chi connectivity index (χ2n) is 3.21. The zero-order valence-electron chi connectivity index (χ0n) is 7.35. The Bertz CT molecular complexity index is 168. The number of hydrogen-bond acceptors (Lipinski definition) is 2. The molecule has 5 heteroatoms. The van der Waals surface area contributed by atoms with E-state index in [4.69, 9.17) is 0 Å². The molecule has 1 heterocycles. The van der Waals surface area contributed by atoms with Gasteiger partial charge in [0.05, 0.1) is 0 Å². The summed E-state index contributed by atoms with van der Waals surface area (Å²) in [6.45, 7) is 1.50. The number of nitrogens with one attached hydrogen (secondary N) is 2. The third-order valence-corrected chi connectivity index (χ3v) is 2.09. The van der Waals surface area contributed by atoms with Gasteiger partial charge in [-0.15, -0.1) is 0 Å². The molecule has 1 rings (SSSR count). The molecule has 0 radical (unpaired) electrons. The predicted octanol–water partition coefficient (Wildman–Crippen LogP) is 0.510. The first kappa shape index (κ1) is 10.4. The number of alkyl halides is 2. The fourth-order valence-electron chi connectivity index (χ4n) is 1.41. The van der Waals surface area contributed by atoms with E-state index in [0.29, 0.717) is 6.54 Å². The van der Waals surface area contributed by atoms with Crippen LogP contribution in [0.1, 0.15) is 19.3 Å². The van der Waals surface area contributed by atoms with Crippen LogP contribution in [-0.4, -0.2) is 31.5 Å². The molecule has 0 aromatic heterocycles. The highest BCUT2D eigenvalue weighted by Crippen LogP contribution is 2.04. The maximum absolute atomic E-state index is 11.9. The molecule has 0 aromatic rings. The number of rotatable bonds is 2. The van der Waals surface area contributed by atoms with E-state index in [1.165, 1.54) is 0 Å². The Balaban J connectivity index is 2.29. The van der Waals surface area contributed by atoms with Crippen molar-refractivity contribution < 1.29 is 13.6 Å². The van der Waals surface area contributed by atoms with Crippen molar-refractivity contribution in [2.24, 2.45) is 0 Å². The lowest BCUT2D eigenvalue weighted by molar-refractivity contribution is -0.132. The third kappa shape index (κ3) is 3.67. The molecule has 1 fully saturated rings. The molecule has 1 saturated heterocycles. The van der Waals surface area contributed by atoms with Crippen molar-refractivity contribution in [2.75, 3.05) is 13.1 Å². The molecule has 1 atom stereocenters. The van der Waals surface area contributed by atoms with E-state index in [1.54, 1.807) is 0 Å². The number of amides is 1. The van der Waals surface area contributed by atoms with Crippen LogP contribution in [-0.2, 0) is 4.79 Å². The van der Waals surface area contributed by atoms with Gasteiger partial charge in [0.15, 0.2) is 0 Å². The second-order valence-corrected chi connectivity index (χ2v) is 3.21. The molecule has 0 aliphatic carbocycles. The normalized spacial score (nSPS) is 24.1. The van der Waals surface area contributed by atoms with Gasteiger partial charge in [0.1, 0.15) is 0 Å². The van der Waals surface area contributed by atoms with Gasteiger partial charge in [0.25, 0.3) is 5.91 Å². The van der Waals surface area contributed by atoms with Gasteiger partial charge >= 0.3 is 6.43 Å². The summed E-state index contributed by atoms with van der Waals surface area (Å²) in [5, 5.41) is 5.39. The minimum Gasteiger partial charge on any atom is -0.347 e. The van der Waals surface area contributed by atoms with E-state index in [1.807, 2.05) is 0 Å². The summed E-state index contributed by atoms with van der Waals surface area (Å²) in [6.07, 6.45) is -0.100. The molecule has 0 bridgehead atoms. The molecule has 0 saturated carbocycles. The number of carbonyl (C=O) groups is 1. The molecule has 0 spiro atoms. The molecular formula is C8H14F2N2O. The maximum atomic E-state index is 11.9. The Morgan fingerprint density at radius 2 is 2.23 bits per heavy atom. The molecule has 13 heavy (non-hydrogen) atoms. The van der Waals surface area contributed by atoms with Crippen molar-refractivity contribution in [3.63, 3.8) is 0 Å². The Morgan fingerprint density at radius 3 is 2.92 bits per heavy atom. The average molecular weight is 192 g/mol. The molecular weight excluding hydrogens is 178 g/mol. The lowest BCUT2D eigenvalue weighted by Crippen LogP contribution is -2.43. The van der Waals surface area contributed by atoms with Crippen molar-refractivity contribution in [3.8, 4) is 0 Å². The minimum atomic E-state index is -2.90. The van der Waals surface area contributed by atoms with Crippen LogP contribution >= 0.6 is 0 Å². The minimum absolute atomic E-state index is 0.135. The van der Waals surface area contributed by atoms with Crippen molar-refractivity contribution in [1.29, 1.82) is 0 Å². The van der Waals surface area contributed by atoms with E-state index in [-0.39, 0.29) is 6.04 Å². The monoisotopic (exact) mass is 192 g/mol. The largest absolute Gasteiger partial charge is 0.347 e. The van der Waals surface area contributed by atoms with Crippen molar-refractivity contribution in [3.05, 3.63) is 0 Å². The van der Waals surface area contributed by atoms with Crippen LogP contribution in [0.5, 0.6) is 0 Å². The van der Waals surface area contributed by atoms with Crippen molar-refractivity contribution >= 4 is 5.91 Å². The predicted molar refractivity (Wildman–Crippen MR) is 44.7 cm³/mol. The van der Waals surface area contributed by atoms with Gasteiger partial charge < -0.3 is 10.6 Å². The highest BCUT2D eigenvalue weighted by molar-refractivity contribution is 5.79. The van der Waals surface area contributed by atoms with Crippen LogP contribution in [0, 0.1) is 0 Å². The van der Waals surface area contributed by atoms with Crippen LogP contribution < -0.4 is 10.6 Å². The van der Waals surface area contributed by atoms with E-state index in [2.05, 4.69) is 10.6 Å². The molecule has 1 aliphatic heterocycles. The molecule has 1 unspecified atom stereocenters. The van der Waals surface area contributed by atoms with Gasteiger partial charge in [-0.3, -0.25) is 4.79 Å². The molecule has 1 amide bonds. The molecule has 0 aromatic carbocycles. The topological polar surface area (TPSA) is 41.1 Å². The Kier molecular flexibility index (Phi) is 4.08. The lowest BCUT2D eigenvalue weighted by Gasteiger charge is -2.15. The summed E-state index contributed by atoms with van der Waals surface area (Å²) in [5.74, 6) is -1.16. The lowest BCUT2D eigenvalue weighted by atomic mass is 10.1. The number of carbonyl (C=O) groups excluding carboxylic acids is 1. The number of halogens is 2. The van der Waals surface area contributed by atoms with Gasteiger partial charge in [-0.1, -0.05) is 6.42 Å². The van der Waals surface area contributed by atoms with Gasteiger partial charge in [0.2, 0.25) is 0 Å². The van der Waals surface area contributed by atoms with Gasteiger partial charge in [-0.2, -0.15) is 8.78 Å². The van der Waals surface area contributed by atoms with E-state index >= 15 is 0 Å². The fourth-order valence-corrected chi connectivity index (χ4v) is 1.41. The molecule has 76 valence electrons. The number of hydrogen-bond donors (Lipinski definition) is 2. The molecule has 1 aliphatic rings. The fraction of sp³-hybridized carbons (Fsp3) is 0.875. The van der Waals surface area contributed by atoms with Crippen molar-refractivity contribution in [1.82, 2.24) is 10.6 Å².